The number of carbonyl (C=O) groups excluding carboxylic acids is 1. The van der Waals surface area contributed by atoms with Crippen LogP contribution in [-0.2, 0) is 16.0 Å². The molecule has 0 fully saturated rings. The van der Waals surface area contributed by atoms with Gasteiger partial charge in [-0.3, -0.25) is 9.59 Å². The minimum atomic E-state index is -0.921. The quantitative estimate of drug-likeness (QED) is 0.849. The van der Waals surface area contributed by atoms with Crippen molar-refractivity contribution in [3.63, 3.8) is 0 Å². The Hall–Kier alpha value is -1.07. The normalized spacial score (nSPS) is 14.2. The van der Waals surface area contributed by atoms with Crippen molar-refractivity contribution in [1.82, 2.24) is 5.32 Å². The Labute approximate surface area is 121 Å². The summed E-state index contributed by atoms with van der Waals surface area (Å²) in [5.74, 6) is -1.08. The standard InChI is InChI=1S/C13H18ClNO3S/c1-8(2)13(3,7-12(17)18)15-11(16)6-9-4-5-10(14)19-9/h4-5,8H,6-7H2,1-3H3,(H,15,16)(H,17,18). The Morgan fingerprint density at radius 1 is 1.47 bits per heavy atom. The predicted octanol–water partition coefficient (Wildman–Crippen LogP) is 2.95. The maximum Gasteiger partial charge on any atom is 0.305 e. The monoisotopic (exact) mass is 303 g/mol. The number of carbonyl (C=O) groups is 2. The highest BCUT2D eigenvalue weighted by Gasteiger charge is 2.32. The van der Waals surface area contributed by atoms with E-state index in [1.54, 1.807) is 19.1 Å². The maximum absolute atomic E-state index is 12.0. The summed E-state index contributed by atoms with van der Waals surface area (Å²) < 4.78 is 0.639. The van der Waals surface area contributed by atoms with E-state index in [1.165, 1.54) is 11.3 Å². The first-order chi connectivity index (χ1) is 8.73. The predicted molar refractivity (Wildman–Crippen MR) is 76.7 cm³/mol. The van der Waals surface area contributed by atoms with Gasteiger partial charge < -0.3 is 10.4 Å². The molecule has 0 aliphatic carbocycles. The summed E-state index contributed by atoms with van der Waals surface area (Å²) in [6, 6.07) is 3.55. The van der Waals surface area contributed by atoms with Crippen molar-refractivity contribution in [3.05, 3.63) is 21.3 Å². The first-order valence-electron chi connectivity index (χ1n) is 6.00. The Kier molecular flexibility index (Phi) is 5.38. The first-order valence-corrected chi connectivity index (χ1v) is 7.19. The molecule has 2 N–H and O–H groups in total. The molecule has 6 heteroatoms. The van der Waals surface area contributed by atoms with Gasteiger partial charge in [0, 0.05) is 10.4 Å². The summed E-state index contributed by atoms with van der Waals surface area (Å²) in [4.78, 5) is 23.7. The molecule has 0 radical (unpaired) electrons. The molecule has 1 aromatic rings. The van der Waals surface area contributed by atoms with Gasteiger partial charge in [0.15, 0.2) is 0 Å². The van der Waals surface area contributed by atoms with Crippen LogP contribution in [0.15, 0.2) is 12.1 Å². The van der Waals surface area contributed by atoms with Gasteiger partial charge in [0.05, 0.1) is 17.2 Å². The Morgan fingerprint density at radius 2 is 2.11 bits per heavy atom. The molecule has 1 unspecified atom stereocenters. The summed E-state index contributed by atoms with van der Waals surface area (Å²) in [6.45, 7) is 5.54. The van der Waals surface area contributed by atoms with Crippen LogP contribution in [0, 0.1) is 5.92 Å². The van der Waals surface area contributed by atoms with Crippen LogP contribution in [-0.4, -0.2) is 22.5 Å². The molecule has 0 saturated heterocycles. The molecule has 1 amide bonds. The first kappa shape index (κ1) is 16.0. The fraction of sp³-hybridized carbons (Fsp3) is 0.538. The van der Waals surface area contributed by atoms with Crippen LogP contribution in [0.1, 0.15) is 32.1 Å². The van der Waals surface area contributed by atoms with Gasteiger partial charge in [-0.05, 0) is 25.0 Å². The summed E-state index contributed by atoms with van der Waals surface area (Å²) in [5.41, 5.74) is -0.746. The van der Waals surface area contributed by atoms with E-state index < -0.39 is 11.5 Å². The molecule has 0 spiro atoms. The lowest BCUT2D eigenvalue weighted by Gasteiger charge is -2.33. The van der Waals surface area contributed by atoms with E-state index >= 15 is 0 Å². The van der Waals surface area contributed by atoms with E-state index in [9.17, 15) is 9.59 Å². The summed E-state index contributed by atoms with van der Waals surface area (Å²) in [7, 11) is 0. The van der Waals surface area contributed by atoms with Crippen LogP contribution < -0.4 is 5.32 Å². The molecule has 1 heterocycles. The number of thiophene rings is 1. The molecule has 4 nitrogen and oxygen atoms in total. The second-order valence-electron chi connectivity index (χ2n) is 5.07. The lowest BCUT2D eigenvalue weighted by Crippen LogP contribution is -2.51. The van der Waals surface area contributed by atoms with E-state index in [1.807, 2.05) is 13.8 Å². The molecule has 19 heavy (non-hydrogen) atoms. The van der Waals surface area contributed by atoms with Crippen LogP contribution in [0.4, 0.5) is 0 Å². The van der Waals surface area contributed by atoms with Gasteiger partial charge in [-0.2, -0.15) is 0 Å². The van der Waals surface area contributed by atoms with Crippen molar-refractivity contribution in [3.8, 4) is 0 Å². The molecule has 1 rings (SSSR count). The maximum atomic E-state index is 12.0. The minimum absolute atomic E-state index is 0.0273. The number of nitrogens with one attached hydrogen (secondary N) is 1. The molecule has 106 valence electrons. The number of carboxylic acids is 1. The summed E-state index contributed by atoms with van der Waals surface area (Å²) in [6.07, 6.45) is 0.126. The zero-order chi connectivity index (χ0) is 14.6. The van der Waals surface area contributed by atoms with Crippen molar-refractivity contribution in [1.29, 1.82) is 0 Å². The van der Waals surface area contributed by atoms with Gasteiger partial charge in [0.2, 0.25) is 5.91 Å². The Bertz CT molecular complexity index is 472. The molecule has 1 atom stereocenters. The molecular formula is C13H18ClNO3S. The molecule has 0 aromatic carbocycles. The molecule has 0 bridgehead atoms. The van der Waals surface area contributed by atoms with Crippen LogP contribution in [0.25, 0.3) is 0 Å². The van der Waals surface area contributed by atoms with Crippen molar-refractivity contribution < 1.29 is 14.7 Å². The zero-order valence-corrected chi connectivity index (χ0v) is 12.8. The third-order valence-corrected chi connectivity index (χ3v) is 4.41. The topological polar surface area (TPSA) is 66.4 Å². The minimum Gasteiger partial charge on any atom is -0.481 e. The lowest BCUT2D eigenvalue weighted by molar-refractivity contribution is -0.139. The summed E-state index contributed by atoms with van der Waals surface area (Å²) >= 11 is 7.16. The molecule has 0 aliphatic heterocycles. The fourth-order valence-electron chi connectivity index (χ4n) is 1.67. The van der Waals surface area contributed by atoms with Crippen molar-refractivity contribution in [2.24, 2.45) is 5.92 Å². The van der Waals surface area contributed by atoms with Crippen molar-refractivity contribution in [2.45, 2.75) is 39.2 Å². The largest absolute Gasteiger partial charge is 0.481 e. The van der Waals surface area contributed by atoms with Gasteiger partial charge in [-0.25, -0.2) is 0 Å². The number of amides is 1. The van der Waals surface area contributed by atoms with Gasteiger partial charge in [-0.15, -0.1) is 11.3 Å². The average Bonchev–Trinajstić information content (AvgIpc) is 2.61. The molecular weight excluding hydrogens is 286 g/mol. The number of hydrogen-bond acceptors (Lipinski definition) is 3. The highest BCUT2D eigenvalue weighted by molar-refractivity contribution is 7.16. The Balaban J connectivity index is 2.69. The number of hydrogen-bond donors (Lipinski definition) is 2. The second-order valence-corrected chi connectivity index (χ2v) is 6.87. The number of carboxylic acid groups (broad SMARTS) is 1. The average molecular weight is 304 g/mol. The van der Waals surface area contributed by atoms with Gasteiger partial charge in [-0.1, -0.05) is 25.4 Å². The fourth-order valence-corrected chi connectivity index (χ4v) is 2.76. The molecule has 1 aromatic heterocycles. The van der Waals surface area contributed by atoms with E-state index in [0.29, 0.717) is 4.34 Å². The zero-order valence-electron chi connectivity index (χ0n) is 11.2. The highest BCUT2D eigenvalue weighted by atomic mass is 35.5. The van der Waals surface area contributed by atoms with Gasteiger partial charge in [0.1, 0.15) is 0 Å². The number of rotatable bonds is 6. The Morgan fingerprint density at radius 3 is 2.53 bits per heavy atom. The second kappa shape index (κ2) is 6.39. The SMILES string of the molecule is CC(C)C(C)(CC(=O)O)NC(=O)Cc1ccc(Cl)s1. The molecule has 0 aliphatic rings. The van der Waals surface area contributed by atoms with Crippen LogP contribution in [0.2, 0.25) is 4.34 Å². The third kappa shape index (κ3) is 4.84. The van der Waals surface area contributed by atoms with E-state index in [-0.39, 0.29) is 24.7 Å². The van der Waals surface area contributed by atoms with E-state index in [4.69, 9.17) is 16.7 Å². The highest BCUT2D eigenvalue weighted by Crippen LogP contribution is 2.24. The van der Waals surface area contributed by atoms with Crippen molar-refractivity contribution in [2.75, 3.05) is 0 Å². The van der Waals surface area contributed by atoms with Crippen LogP contribution in [0.3, 0.4) is 0 Å². The van der Waals surface area contributed by atoms with E-state index in [0.717, 1.165) is 4.88 Å². The lowest BCUT2D eigenvalue weighted by atomic mass is 9.85. The molecule has 0 saturated carbocycles. The van der Waals surface area contributed by atoms with Crippen molar-refractivity contribution >= 4 is 34.8 Å². The number of halogens is 1. The van der Waals surface area contributed by atoms with E-state index in [2.05, 4.69) is 5.32 Å². The number of aliphatic carboxylic acids is 1. The van der Waals surface area contributed by atoms with Crippen LogP contribution in [0.5, 0.6) is 0 Å². The van der Waals surface area contributed by atoms with Gasteiger partial charge >= 0.3 is 5.97 Å². The van der Waals surface area contributed by atoms with Gasteiger partial charge in [0.25, 0.3) is 0 Å². The van der Waals surface area contributed by atoms with Crippen LogP contribution >= 0.6 is 22.9 Å². The third-order valence-electron chi connectivity index (χ3n) is 3.18. The summed E-state index contributed by atoms with van der Waals surface area (Å²) in [5, 5.41) is 11.8. The smallest absolute Gasteiger partial charge is 0.305 e.